The Morgan fingerprint density at radius 2 is 2.22 bits per heavy atom. The summed E-state index contributed by atoms with van der Waals surface area (Å²) in [7, 11) is 5.22. The molecule has 2 aliphatic carbocycles. The second-order valence-corrected chi connectivity index (χ2v) is 6.81. The van der Waals surface area contributed by atoms with Crippen molar-refractivity contribution in [2.45, 2.75) is 31.6 Å². The highest BCUT2D eigenvalue weighted by molar-refractivity contribution is 6.01. The number of nitriles is 1. The lowest BCUT2D eigenvalue weighted by molar-refractivity contribution is -0.117. The molecule has 0 fully saturated rings. The van der Waals surface area contributed by atoms with E-state index in [1.165, 1.54) is 0 Å². The molecule has 120 valence electrons. The molecule has 2 aliphatic rings. The van der Waals surface area contributed by atoms with Gasteiger partial charge in [-0.2, -0.15) is 10.4 Å². The molecule has 1 aromatic heterocycles. The summed E-state index contributed by atoms with van der Waals surface area (Å²) in [5, 5.41) is 13.8. The van der Waals surface area contributed by atoms with Gasteiger partial charge in [-0.1, -0.05) is 13.0 Å². The van der Waals surface area contributed by atoms with E-state index in [4.69, 9.17) is 0 Å². The average Bonchev–Trinajstić information content (AvgIpc) is 2.84. The maximum absolute atomic E-state index is 12.5. The number of aryl methyl sites for hydroxylation is 1. The summed E-state index contributed by atoms with van der Waals surface area (Å²) in [5.74, 6) is -0.0181. The van der Waals surface area contributed by atoms with Crippen molar-refractivity contribution in [3.8, 4) is 6.07 Å². The van der Waals surface area contributed by atoms with Crippen LogP contribution in [0.25, 0.3) is 0 Å². The van der Waals surface area contributed by atoms with Crippen molar-refractivity contribution in [3.63, 3.8) is 0 Å². The predicted octanol–water partition coefficient (Wildman–Crippen LogP) is 1.36. The molecule has 0 aromatic carbocycles. The summed E-state index contributed by atoms with van der Waals surface area (Å²) in [6, 6.07) is 2.01. The molecular formula is C17H20N4O2. The summed E-state index contributed by atoms with van der Waals surface area (Å²) < 4.78 is 1.64. The zero-order valence-electron chi connectivity index (χ0n) is 13.9. The van der Waals surface area contributed by atoms with Crippen LogP contribution in [0, 0.1) is 17.2 Å². The molecule has 0 N–H and O–H groups in total. The number of rotatable bonds is 1. The molecule has 3 rings (SSSR count). The molecule has 1 aromatic rings. The normalized spacial score (nSPS) is 26.0. The minimum atomic E-state index is -0.463. The molecule has 0 aliphatic heterocycles. The van der Waals surface area contributed by atoms with Crippen LogP contribution in [-0.2, 0) is 23.7 Å². The lowest BCUT2D eigenvalue weighted by Crippen LogP contribution is -2.40. The molecule has 0 spiro atoms. The van der Waals surface area contributed by atoms with Crippen molar-refractivity contribution in [1.82, 2.24) is 14.7 Å². The van der Waals surface area contributed by atoms with Crippen LogP contribution in [-0.4, -0.2) is 40.5 Å². The number of hydrogen-bond acceptors (Lipinski definition) is 4. The third kappa shape index (κ3) is 2.11. The number of carbonyl (C=O) groups excluding carboxylic acids is 2. The van der Waals surface area contributed by atoms with Crippen LogP contribution >= 0.6 is 0 Å². The molecule has 2 atom stereocenters. The van der Waals surface area contributed by atoms with Crippen molar-refractivity contribution in [2.75, 3.05) is 14.1 Å². The largest absolute Gasteiger partial charge is 0.343 e. The van der Waals surface area contributed by atoms with Crippen LogP contribution in [0.2, 0.25) is 0 Å². The number of nitrogens with zero attached hydrogens (tertiary/aromatic N) is 4. The van der Waals surface area contributed by atoms with Gasteiger partial charge in [-0.15, -0.1) is 0 Å². The minimum Gasteiger partial charge on any atom is -0.343 e. The highest BCUT2D eigenvalue weighted by Gasteiger charge is 2.47. The average molecular weight is 312 g/mol. The van der Waals surface area contributed by atoms with Gasteiger partial charge in [0.1, 0.15) is 11.8 Å². The Morgan fingerprint density at radius 1 is 1.52 bits per heavy atom. The van der Waals surface area contributed by atoms with E-state index < -0.39 is 5.41 Å². The first-order valence-electron chi connectivity index (χ1n) is 7.73. The van der Waals surface area contributed by atoms with Crippen molar-refractivity contribution >= 4 is 11.7 Å². The van der Waals surface area contributed by atoms with Gasteiger partial charge in [-0.05, 0) is 18.8 Å². The summed E-state index contributed by atoms with van der Waals surface area (Å²) >= 11 is 0. The topological polar surface area (TPSA) is 79.0 Å². The molecule has 0 saturated carbocycles. The van der Waals surface area contributed by atoms with Gasteiger partial charge in [-0.3, -0.25) is 14.3 Å². The Kier molecular flexibility index (Phi) is 3.40. The smallest absolute Gasteiger partial charge is 0.271 e. The summed E-state index contributed by atoms with van der Waals surface area (Å²) in [4.78, 5) is 26.1. The van der Waals surface area contributed by atoms with Crippen LogP contribution in [0.3, 0.4) is 0 Å². The zero-order chi connectivity index (χ0) is 16.9. The van der Waals surface area contributed by atoms with Gasteiger partial charge in [-0.25, -0.2) is 0 Å². The van der Waals surface area contributed by atoms with E-state index in [9.17, 15) is 14.9 Å². The monoisotopic (exact) mass is 312 g/mol. The van der Waals surface area contributed by atoms with Gasteiger partial charge in [0.25, 0.3) is 5.91 Å². The lowest BCUT2D eigenvalue weighted by Gasteiger charge is -2.40. The first kappa shape index (κ1) is 15.5. The van der Waals surface area contributed by atoms with E-state index in [1.54, 1.807) is 36.8 Å². The first-order chi connectivity index (χ1) is 10.8. The fraction of sp³-hybridized carbons (Fsp3) is 0.529. The highest BCUT2D eigenvalue weighted by Crippen LogP contribution is 2.47. The number of amides is 1. The van der Waals surface area contributed by atoms with Crippen LogP contribution in [0.4, 0.5) is 0 Å². The van der Waals surface area contributed by atoms with Gasteiger partial charge in [0, 0.05) is 38.5 Å². The first-order valence-corrected chi connectivity index (χ1v) is 7.73. The second-order valence-electron chi connectivity index (χ2n) is 6.81. The molecule has 6 nitrogen and oxygen atoms in total. The van der Waals surface area contributed by atoms with E-state index in [2.05, 4.69) is 5.10 Å². The van der Waals surface area contributed by atoms with Crippen LogP contribution in [0.5, 0.6) is 0 Å². The molecule has 0 saturated heterocycles. The Balaban J connectivity index is 2.20. The maximum Gasteiger partial charge on any atom is 0.271 e. The predicted molar refractivity (Wildman–Crippen MR) is 83.7 cm³/mol. The Labute approximate surface area is 135 Å². The van der Waals surface area contributed by atoms with Crippen molar-refractivity contribution in [3.05, 3.63) is 28.6 Å². The SMILES string of the molecule is CN(C)C(=O)c1c2c(nn1C)C1(C)C=C(C#N)C(=O)CC1CC2. The summed E-state index contributed by atoms with van der Waals surface area (Å²) in [6.07, 6.45) is 3.70. The van der Waals surface area contributed by atoms with Crippen molar-refractivity contribution < 1.29 is 9.59 Å². The molecule has 1 heterocycles. The van der Waals surface area contributed by atoms with E-state index in [0.29, 0.717) is 12.1 Å². The highest BCUT2D eigenvalue weighted by atomic mass is 16.2. The second kappa shape index (κ2) is 5.05. The Morgan fingerprint density at radius 3 is 2.83 bits per heavy atom. The van der Waals surface area contributed by atoms with Gasteiger partial charge < -0.3 is 4.90 Å². The van der Waals surface area contributed by atoms with Gasteiger partial charge in [0.15, 0.2) is 5.78 Å². The Hall–Kier alpha value is -2.42. The lowest BCUT2D eigenvalue weighted by atomic mass is 9.61. The van der Waals surface area contributed by atoms with Gasteiger partial charge >= 0.3 is 0 Å². The Bertz CT molecular complexity index is 781. The molecule has 23 heavy (non-hydrogen) atoms. The van der Waals surface area contributed by atoms with Crippen LogP contribution < -0.4 is 0 Å². The molecule has 0 bridgehead atoms. The van der Waals surface area contributed by atoms with Crippen molar-refractivity contribution in [2.24, 2.45) is 13.0 Å². The standard InChI is InChI=1S/C17H20N4O2/c1-17-8-10(9-18)13(22)7-11(17)5-6-12-14(16(23)20(2)3)21(4)19-15(12)17/h8,11H,5-7H2,1-4H3. The number of ketones is 1. The van der Waals surface area contributed by atoms with Crippen LogP contribution in [0.1, 0.15) is 41.5 Å². The van der Waals surface area contributed by atoms with Gasteiger partial charge in [0.2, 0.25) is 0 Å². The third-order valence-electron chi connectivity index (χ3n) is 5.15. The number of hydrogen-bond donors (Lipinski definition) is 0. The van der Waals surface area contributed by atoms with Crippen LogP contribution in [0.15, 0.2) is 11.6 Å². The van der Waals surface area contributed by atoms with Crippen molar-refractivity contribution in [1.29, 1.82) is 5.26 Å². The minimum absolute atomic E-state index is 0.0697. The molecule has 0 radical (unpaired) electrons. The fourth-order valence-corrected chi connectivity index (χ4v) is 3.84. The number of fused-ring (bicyclic) bond motifs is 3. The maximum atomic E-state index is 12.5. The quantitative estimate of drug-likeness (QED) is 0.784. The molecule has 6 heteroatoms. The van der Waals surface area contributed by atoms with Gasteiger partial charge in [0.05, 0.1) is 11.3 Å². The number of carbonyl (C=O) groups is 2. The fourth-order valence-electron chi connectivity index (χ4n) is 3.84. The third-order valence-corrected chi connectivity index (χ3v) is 5.15. The molecule has 2 unspecified atom stereocenters. The van der Waals surface area contributed by atoms with E-state index in [-0.39, 0.29) is 23.2 Å². The number of aromatic nitrogens is 2. The number of allylic oxidation sites excluding steroid dienone is 2. The summed E-state index contributed by atoms with van der Waals surface area (Å²) in [5.41, 5.74) is 2.14. The number of Topliss-reactive ketones (excluding diaryl/α,β-unsaturated/α-hetero) is 1. The van der Waals surface area contributed by atoms with E-state index in [1.807, 2.05) is 13.0 Å². The molecular weight excluding hydrogens is 292 g/mol. The molecule has 1 amide bonds. The summed E-state index contributed by atoms with van der Waals surface area (Å²) in [6.45, 7) is 2.02. The van der Waals surface area contributed by atoms with E-state index in [0.717, 1.165) is 24.1 Å². The van der Waals surface area contributed by atoms with E-state index >= 15 is 0 Å². The zero-order valence-corrected chi connectivity index (χ0v) is 13.9.